The summed E-state index contributed by atoms with van der Waals surface area (Å²) in [7, 11) is 1.67. The molecular formula is C16H18N2O. The average molecular weight is 254 g/mol. The van der Waals surface area contributed by atoms with Crippen LogP contribution in [0, 0.1) is 0 Å². The van der Waals surface area contributed by atoms with Gasteiger partial charge in [-0.2, -0.15) is 0 Å². The van der Waals surface area contributed by atoms with Crippen LogP contribution in [0.25, 0.3) is 0 Å². The van der Waals surface area contributed by atoms with Crippen molar-refractivity contribution in [3.63, 3.8) is 0 Å². The Morgan fingerprint density at radius 2 is 2.11 bits per heavy atom. The van der Waals surface area contributed by atoms with Crippen LogP contribution in [-0.2, 0) is 6.54 Å². The highest BCUT2D eigenvalue weighted by Gasteiger charge is 2.37. The van der Waals surface area contributed by atoms with E-state index in [-0.39, 0.29) is 0 Å². The lowest BCUT2D eigenvalue weighted by molar-refractivity contribution is 0.412. The molecule has 19 heavy (non-hydrogen) atoms. The van der Waals surface area contributed by atoms with Crippen molar-refractivity contribution in [3.05, 3.63) is 59.9 Å². The van der Waals surface area contributed by atoms with Gasteiger partial charge in [0, 0.05) is 24.7 Å². The molecule has 3 heteroatoms. The molecule has 2 aromatic rings. The van der Waals surface area contributed by atoms with E-state index >= 15 is 0 Å². The molecule has 1 aromatic heterocycles. The van der Waals surface area contributed by atoms with Crippen molar-refractivity contribution in [2.75, 3.05) is 7.11 Å². The Labute approximate surface area is 113 Å². The lowest BCUT2D eigenvalue weighted by Gasteiger charge is -2.06. The van der Waals surface area contributed by atoms with Gasteiger partial charge in [-0.1, -0.05) is 30.3 Å². The quantitative estimate of drug-likeness (QED) is 0.891. The predicted molar refractivity (Wildman–Crippen MR) is 75.2 cm³/mol. The standard InChI is InChI=1S/C16H18N2O/c1-19-14-7-12(9-17-11-14)10-18-16-8-15(16)13-5-3-2-4-6-13/h2-7,9,11,15-16,18H,8,10H2,1H3/t15-,16+/m0/s1. The van der Waals surface area contributed by atoms with Gasteiger partial charge in [0.25, 0.3) is 0 Å². The molecule has 98 valence electrons. The molecule has 0 saturated heterocycles. The number of benzene rings is 1. The van der Waals surface area contributed by atoms with Gasteiger partial charge in [-0.15, -0.1) is 0 Å². The van der Waals surface area contributed by atoms with Gasteiger partial charge >= 0.3 is 0 Å². The fourth-order valence-electron chi connectivity index (χ4n) is 2.41. The van der Waals surface area contributed by atoms with Gasteiger partial charge in [0.2, 0.25) is 0 Å². The minimum atomic E-state index is 0.591. The monoisotopic (exact) mass is 254 g/mol. The van der Waals surface area contributed by atoms with E-state index in [2.05, 4.69) is 40.6 Å². The Morgan fingerprint density at radius 3 is 2.89 bits per heavy atom. The number of ether oxygens (including phenoxy) is 1. The first kappa shape index (κ1) is 12.2. The molecule has 0 unspecified atom stereocenters. The summed E-state index contributed by atoms with van der Waals surface area (Å²) in [4.78, 5) is 4.17. The Kier molecular flexibility index (Phi) is 3.47. The summed E-state index contributed by atoms with van der Waals surface area (Å²) in [6.07, 6.45) is 4.84. The van der Waals surface area contributed by atoms with Crippen molar-refractivity contribution in [2.45, 2.75) is 24.9 Å². The van der Waals surface area contributed by atoms with Crippen molar-refractivity contribution < 1.29 is 4.74 Å². The third kappa shape index (κ3) is 2.93. The molecular weight excluding hydrogens is 236 g/mol. The Morgan fingerprint density at radius 1 is 1.26 bits per heavy atom. The summed E-state index contributed by atoms with van der Waals surface area (Å²) in [5.74, 6) is 1.48. The van der Waals surface area contributed by atoms with E-state index in [0.29, 0.717) is 12.0 Å². The van der Waals surface area contributed by atoms with E-state index in [1.165, 1.54) is 12.0 Å². The number of hydrogen-bond acceptors (Lipinski definition) is 3. The fraction of sp³-hybridized carbons (Fsp3) is 0.312. The van der Waals surface area contributed by atoms with Crippen LogP contribution >= 0.6 is 0 Å². The van der Waals surface area contributed by atoms with Crippen LogP contribution in [0.1, 0.15) is 23.5 Å². The normalized spacial score (nSPS) is 21.1. The summed E-state index contributed by atoms with van der Waals surface area (Å²) in [6.45, 7) is 0.845. The zero-order valence-corrected chi connectivity index (χ0v) is 11.0. The van der Waals surface area contributed by atoms with Crippen molar-refractivity contribution in [2.24, 2.45) is 0 Å². The van der Waals surface area contributed by atoms with Gasteiger partial charge in [0.15, 0.2) is 0 Å². The molecule has 0 amide bonds. The van der Waals surface area contributed by atoms with Crippen molar-refractivity contribution in [3.8, 4) is 5.75 Å². The molecule has 0 radical (unpaired) electrons. The lowest BCUT2D eigenvalue weighted by Crippen LogP contribution is -2.17. The molecule has 1 fully saturated rings. The van der Waals surface area contributed by atoms with Crippen LogP contribution in [0.2, 0.25) is 0 Å². The third-order valence-corrected chi connectivity index (χ3v) is 3.59. The first-order chi connectivity index (χ1) is 9.36. The van der Waals surface area contributed by atoms with Gasteiger partial charge in [-0.05, 0) is 23.6 Å². The van der Waals surface area contributed by atoms with Crippen LogP contribution in [0.3, 0.4) is 0 Å². The summed E-state index contributed by atoms with van der Waals surface area (Å²) in [5.41, 5.74) is 2.60. The van der Waals surface area contributed by atoms with E-state index in [9.17, 15) is 0 Å². The molecule has 0 aliphatic heterocycles. The van der Waals surface area contributed by atoms with Gasteiger partial charge in [-0.25, -0.2) is 0 Å². The summed E-state index contributed by atoms with van der Waals surface area (Å²) < 4.78 is 5.18. The van der Waals surface area contributed by atoms with E-state index in [4.69, 9.17) is 4.74 Å². The maximum absolute atomic E-state index is 5.18. The SMILES string of the molecule is COc1cncc(CN[C@@H]2C[C@H]2c2ccccc2)c1. The highest BCUT2D eigenvalue weighted by molar-refractivity contribution is 5.28. The van der Waals surface area contributed by atoms with E-state index in [1.807, 2.05) is 12.3 Å². The molecule has 1 saturated carbocycles. The fourth-order valence-corrected chi connectivity index (χ4v) is 2.41. The number of methoxy groups -OCH3 is 1. The smallest absolute Gasteiger partial charge is 0.137 e. The van der Waals surface area contributed by atoms with E-state index in [1.54, 1.807) is 13.3 Å². The molecule has 3 nitrogen and oxygen atoms in total. The van der Waals surface area contributed by atoms with Crippen LogP contribution in [0.4, 0.5) is 0 Å². The Hall–Kier alpha value is -1.87. The molecule has 2 atom stereocenters. The van der Waals surface area contributed by atoms with Gasteiger partial charge in [0.1, 0.15) is 5.75 Å². The first-order valence-corrected chi connectivity index (χ1v) is 6.63. The maximum Gasteiger partial charge on any atom is 0.137 e. The minimum absolute atomic E-state index is 0.591. The van der Waals surface area contributed by atoms with Crippen molar-refractivity contribution >= 4 is 0 Å². The van der Waals surface area contributed by atoms with Crippen LogP contribution in [0.5, 0.6) is 5.75 Å². The van der Waals surface area contributed by atoms with Crippen LogP contribution < -0.4 is 10.1 Å². The second-order valence-corrected chi connectivity index (χ2v) is 4.97. The topological polar surface area (TPSA) is 34.1 Å². The average Bonchev–Trinajstić information content (AvgIpc) is 3.26. The molecule has 1 aromatic carbocycles. The Bertz CT molecular complexity index is 541. The van der Waals surface area contributed by atoms with Crippen molar-refractivity contribution in [1.29, 1.82) is 0 Å². The van der Waals surface area contributed by atoms with Gasteiger partial charge in [-0.3, -0.25) is 4.98 Å². The largest absolute Gasteiger partial charge is 0.495 e. The summed E-state index contributed by atoms with van der Waals surface area (Å²) in [5, 5.41) is 3.58. The van der Waals surface area contributed by atoms with Gasteiger partial charge in [0.05, 0.1) is 13.3 Å². The van der Waals surface area contributed by atoms with Crippen molar-refractivity contribution in [1.82, 2.24) is 10.3 Å². The molecule has 0 bridgehead atoms. The number of rotatable bonds is 5. The number of aromatic nitrogens is 1. The number of nitrogens with zero attached hydrogens (tertiary/aromatic N) is 1. The number of nitrogens with one attached hydrogen (secondary N) is 1. The molecule has 1 aliphatic carbocycles. The van der Waals surface area contributed by atoms with E-state index < -0.39 is 0 Å². The highest BCUT2D eigenvalue weighted by Crippen LogP contribution is 2.40. The lowest BCUT2D eigenvalue weighted by atomic mass is 10.1. The van der Waals surface area contributed by atoms with E-state index in [0.717, 1.165) is 17.9 Å². The summed E-state index contributed by atoms with van der Waals surface area (Å²) in [6, 6.07) is 13.3. The molecule has 3 rings (SSSR count). The third-order valence-electron chi connectivity index (χ3n) is 3.59. The summed E-state index contributed by atoms with van der Waals surface area (Å²) >= 11 is 0. The first-order valence-electron chi connectivity index (χ1n) is 6.63. The minimum Gasteiger partial charge on any atom is -0.495 e. The van der Waals surface area contributed by atoms with Gasteiger partial charge < -0.3 is 10.1 Å². The Balaban J connectivity index is 1.54. The second kappa shape index (κ2) is 5.41. The molecule has 0 spiro atoms. The maximum atomic E-state index is 5.18. The number of hydrogen-bond donors (Lipinski definition) is 1. The predicted octanol–water partition coefficient (Wildman–Crippen LogP) is 2.74. The highest BCUT2D eigenvalue weighted by atomic mass is 16.5. The molecule has 1 heterocycles. The van der Waals surface area contributed by atoms with Crippen LogP contribution in [-0.4, -0.2) is 18.1 Å². The zero-order chi connectivity index (χ0) is 13.1. The number of pyridine rings is 1. The molecule has 1 N–H and O–H groups in total. The van der Waals surface area contributed by atoms with Crippen LogP contribution in [0.15, 0.2) is 48.8 Å². The molecule has 1 aliphatic rings. The zero-order valence-electron chi connectivity index (χ0n) is 11.0. The second-order valence-electron chi connectivity index (χ2n) is 4.97.